The molecule has 1 aromatic carbocycles. The van der Waals surface area contributed by atoms with Crippen LogP contribution in [-0.4, -0.2) is 51.8 Å². The van der Waals surface area contributed by atoms with Gasteiger partial charge < -0.3 is 10.1 Å². The number of carbonyl (C=O) groups is 3. The first-order chi connectivity index (χ1) is 12.9. The average molecular weight is 391 g/mol. The van der Waals surface area contributed by atoms with Crippen LogP contribution in [0.4, 0.5) is 4.79 Å². The summed E-state index contributed by atoms with van der Waals surface area (Å²) in [5, 5.41) is 6.96. The molecule has 1 atom stereocenters. The van der Waals surface area contributed by atoms with Crippen LogP contribution in [-0.2, 0) is 16.1 Å². The predicted molar refractivity (Wildman–Crippen MR) is 97.5 cm³/mol. The minimum absolute atomic E-state index is 0.109. The number of amides is 3. The van der Waals surface area contributed by atoms with E-state index in [4.69, 9.17) is 16.3 Å². The summed E-state index contributed by atoms with van der Waals surface area (Å²) in [6, 6.07) is 9.06. The van der Waals surface area contributed by atoms with E-state index in [0.717, 1.165) is 10.5 Å². The summed E-state index contributed by atoms with van der Waals surface area (Å²) in [7, 11) is 0. The van der Waals surface area contributed by atoms with Crippen LogP contribution in [0.2, 0.25) is 5.15 Å². The van der Waals surface area contributed by atoms with Crippen LogP contribution in [0.15, 0.2) is 30.3 Å². The first kappa shape index (κ1) is 18.9. The molecule has 0 aliphatic carbocycles. The molecular formula is C18H19ClN4O4. The highest BCUT2D eigenvalue weighted by molar-refractivity contribution is 6.32. The minimum atomic E-state index is -1.12. The van der Waals surface area contributed by atoms with Crippen LogP contribution in [0, 0.1) is 6.92 Å². The van der Waals surface area contributed by atoms with Crippen LogP contribution in [0.25, 0.3) is 0 Å². The normalized spacial score (nSPS) is 14.8. The van der Waals surface area contributed by atoms with Crippen LogP contribution in [0.5, 0.6) is 0 Å². The van der Waals surface area contributed by atoms with E-state index in [0.29, 0.717) is 18.8 Å². The first-order valence-electron chi connectivity index (χ1n) is 8.45. The fourth-order valence-corrected chi connectivity index (χ4v) is 3.13. The average Bonchev–Trinajstić information content (AvgIpc) is 3.18. The van der Waals surface area contributed by atoms with Gasteiger partial charge in [0.05, 0.1) is 12.2 Å². The molecule has 1 aromatic heterocycles. The number of imide groups is 1. The van der Waals surface area contributed by atoms with Crippen molar-refractivity contribution >= 4 is 29.5 Å². The van der Waals surface area contributed by atoms with E-state index in [-0.39, 0.29) is 17.3 Å². The summed E-state index contributed by atoms with van der Waals surface area (Å²) in [5.74, 6) is -1.33. The molecule has 27 heavy (non-hydrogen) atoms. The molecule has 142 valence electrons. The van der Waals surface area contributed by atoms with Gasteiger partial charge in [-0.25, -0.2) is 14.3 Å². The number of aromatic nitrogens is 2. The Labute approximate surface area is 161 Å². The molecule has 1 aliphatic heterocycles. The molecule has 1 unspecified atom stereocenters. The highest BCUT2D eigenvalue weighted by Gasteiger charge is 2.33. The maximum atomic E-state index is 12.5. The fraction of sp³-hybridized carbons (Fsp3) is 0.333. The van der Waals surface area contributed by atoms with Crippen molar-refractivity contribution in [1.29, 1.82) is 0 Å². The lowest BCUT2D eigenvalue weighted by Gasteiger charge is -2.18. The third-order valence-electron chi connectivity index (χ3n) is 4.20. The van der Waals surface area contributed by atoms with Gasteiger partial charge in [0.2, 0.25) is 0 Å². The number of benzene rings is 1. The number of esters is 1. The van der Waals surface area contributed by atoms with E-state index in [1.807, 2.05) is 30.3 Å². The number of rotatable bonds is 5. The second kappa shape index (κ2) is 7.79. The lowest BCUT2D eigenvalue weighted by atomic mass is 10.2. The fourth-order valence-electron chi connectivity index (χ4n) is 2.82. The summed E-state index contributed by atoms with van der Waals surface area (Å²) in [4.78, 5) is 37.4. The van der Waals surface area contributed by atoms with Gasteiger partial charge in [-0.2, -0.15) is 5.10 Å². The van der Waals surface area contributed by atoms with Gasteiger partial charge in [-0.1, -0.05) is 41.9 Å². The van der Waals surface area contributed by atoms with Crippen molar-refractivity contribution < 1.29 is 19.1 Å². The number of urea groups is 1. The maximum absolute atomic E-state index is 12.5. The number of hydrogen-bond acceptors (Lipinski definition) is 5. The SMILES string of the molecule is Cc1nn(Cc2ccccc2)c(Cl)c1C(=O)OC(C)C(=O)N1CCNC1=O. The second-order valence-electron chi connectivity index (χ2n) is 6.16. The molecule has 0 saturated carbocycles. The molecule has 2 aromatic rings. The minimum Gasteiger partial charge on any atom is -0.449 e. The molecular weight excluding hydrogens is 372 g/mol. The largest absolute Gasteiger partial charge is 0.449 e. The third kappa shape index (κ3) is 3.95. The van der Waals surface area contributed by atoms with Gasteiger partial charge in [0.15, 0.2) is 6.10 Å². The van der Waals surface area contributed by atoms with Gasteiger partial charge in [-0.15, -0.1) is 0 Å². The highest BCUT2D eigenvalue weighted by atomic mass is 35.5. The summed E-state index contributed by atoms with van der Waals surface area (Å²) in [5.41, 5.74) is 1.49. The zero-order valence-electron chi connectivity index (χ0n) is 14.9. The van der Waals surface area contributed by atoms with E-state index in [9.17, 15) is 14.4 Å². The van der Waals surface area contributed by atoms with Gasteiger partial charge in [0, 0.05) is 13.1 Å². The molecule has 1 aliphatic rings. The number of aryl methyl sites for hydroxylation is 1. The van der Waals surface area contributed by atoms with Crippen LogP contribution >= 0.6 is 11.6 Å². The number of nitrogens with one attached hydrogen (secondary N) is 1. The molecule has 3 amide bonds. The Morgan fingerprint density at radius 2 is 2.04 bits per heavy atom. The molecule has 0 spiro atoms. The van der Waals surface area contributed by atoms with Gasteiger partial charge >= 0.3 is 12.0 Å². The third-order valence-corrected chi connectivity index (χ3v) is 4.58. The van der Waals surface area contributed by atoms with Crippen molar-refractivity contribution in [3.8, 4) is 0 Å². The smallest absolute Gasteiger partial charge is 0.343 e. The molecule has 1 N–H and O–H groups in total. The van der Waals surface area contributed by atoms with Crippen LogP contribution in [0.3, 0.4) is 0 Å². The molecule has 0 radical (unpaired) electrons. The number of hydrogen-bond donors (Lipinski definition) is 1. The van der Waals surface area contributed by atoms with Crippen LogP contribution < -0.4 is 5.32 Å². The summed E-state index contributed by atoms with van der Waals surface area (Å²) >= 11 is 6.33. The standard InChI is InChI=1S/C18H19ClN4O4/c1-11-14(15(19)23(21-11)10-13-6-4-3-5-7-13)17(25)27-12(2)16(24)22-9-8-20-18(22)26/h3-7,12H,8-10H2,1-2H3,(H,20,26). The second-order valence-corrected chi connectivity index (χ2v) is 6.52. The number of carbonyl (C=O) groups excluding carboxylic acids is 3. The van der Waals surface area contributed by atoms with E-state index >= 15 is 0 Å². The highest BCUT2D eigenvalue weighted by Crippen LogP contribution is 2.22. The zero-order chi connectivity index (χ0) is 19.6. The Balaban J connectivity index is 1.73. The maximum Gasteiger partial charge on any atom is 0.343 e. The Morgan fingerprint density at radius 1 is 1.33 bits per heavy atom. The van der Waals surface area contributed by atoms with E-state index in [1.165, 1.54) is 11.6 Å². The molecule has 1 saturated heterocycles. The van der Waals surface area contributed by atoms with Gasteiger partial charge in [-0.3, -0.25) is 9.69 Å². The summed E-state index contributed by atoms with van der Waals surface area (Å²) in [6.07, 6.45) is -1.12. The van der Waals surface area contributed by atoms with Crippen molar-refractivity contribution in [2.45, 2.75) is 26.5 Å². The summed E-state index contributed by atoms with van der Waals surface area (Å²) in [6.45, 7) is 4.08. The number of ether oxygens (including phenoxy) is 1. The number of nitrogens with zero attached hydrogens (tertiary/aromatic N) is 3. The molecule has 3 rings (SSSR count). The van der Waals surface area contributed by atoms with Gasteiger partial charge in [0.1, 0.15) is 10.7 Å². The van der Waals surface area contributed by atoms with Crippen molar-refractivity contribution in [2.75, 3.05) is 13.1 Å². The van der Waals surface area contributed by atoms with Crippen molar-refractivity contribution in [1.82, 2.24) is 20.0 Å². The number of halogens is 1. The van der Waals surface area contributed by atoms with Crippen LogP contribution in [0.1, 0.15) is 28.5 Å². The Hall–Kier alpha value is -2.87. The molecule has 9 heteroatoms. The molecule has 8 nitrogen and oxygen atoms in total. The Kier molecular flexibility index (Phi) is 5.46. The van der Waals surface area contributed by atoms with Gasteiger partial charge in [-0.05, 0) is 19.4 Å². The predicted octanol–water partition coefficient (Wildman–Crippen LogP) is 1.99. The van der Waals surface area contributed by atoms with Crippen molar-refractivity contribution in [2.24, 2.45) is 0 Å². The quantitative estimate of drug-likeness (QED) is 0.788. The molecule has 2 heterocycles. The van der Waals surface area contributed by atoms with E-state index < -0.39 is 24.0 Å². The first-order valence-corrected chi connectivity index (χ1v) is 8.83. The molecule has 1 fully saturated rings. The van der Waals surface area contributed by atoms with Gasteiger partial charge in [0.25, 0.3) is 5.91 Å². The molecule has 0 bridgehead atoms. The van der Waals surface area contributed by atoms with E-state index in [1.54, 1.807) is 6.92 Å². The zero-order valence-corrected chi connectivity index (χ0v) is 15.7. The van der Waals surface area contributed by atoms with Crippen molar-refractivity contribution in [3.63, 3.8) is 0 Å². The van der Waals surface area contributed by atoms with Crippen molar-refractivity contribution in [3.05, 3.63) is 52.3 Å². The lowest BCUT2D eigenvalue weighted by Crippen LogP contribution is -2.41. The van der Waals surface area contributed by atoms with E-state index in [2.05, 4.69) is 10.4 Å². The monoisotopic (exact) mass is 390 g/mol. The topological polar surface area (TPSA) is 93.5 Å². The Morgan fingerprint density at radius 3 is 2.67 bits per heavy atom. The lowest BCUT2D eigenvalue weighted by molar-refractivity contribution is -0.136. The summed E-state index contributed by atoms with van der Waals surface area (Å²) < 4.78 is 6.74. The Bertz CT molecular complexity index is 881.